The SMILES string of the molecule is C=CCCC(=O)N(CP)C/C=C\CCC. The lowest BCUT2D eigenvalue weighted by molar-refractivity contribution is -0.129. The third-order valence-electron chi connectivity index (χ3n) is 2.08. The van der Waals surface area contributed by atoms with Crippen LogP contribution < -0.4 is 0 Å². The Kier molecular flexibility index (Phi) is 9.51. The van der Waals surface area contributed by atoms with E-state index >= 15 is 0 Å². The van der Waals surface area contributed by atoms with Crippen molar-refractivity contribution in [2.24, 2.45) is 0 Å². The van der Waals surface area contributed by atoms with Gasteiger partial charge in [-0.2, -0.15) is 0 Å². The molecule has 15 heavy (non-hydrogen) atoms. The standard InChI is InChI=1S/C12H22NOP/c1-3-5-7-8-10-13(11-15)12(14)9-6-4-2/h4,7-8H,2-3,5-6,9-11,15H2,1H3/b8-7-. The van der Waals surface area contributed by atoms with E-state index < -0.39 is 0 Å². The van der Waals surface area contributed by atoms with Gasteiger partial charge in [-0.3, -0.25) is 4.79 Å². The summed E-state index contributed by atoms with van der Waals surface area (Å²) in [5, 5.41) is 0. The Balaban J connectivity index is 3.89. The molecule has 0 saturated heterocycles. The fourth-order valence-corrected chi connectivity index (χ4v) is 1.50. The molecule has 0 aromatic carbocycles. The van der Waals surface area contributed by atoms with Crippen LogP contribution >= 0.6 is 9.24 Å². The van der Waals surface area contributed by atoms with Gasteiger partial charge >= 0.3 is 0 Å². The maximum absolute atomic E-state index is 11.6. The molecule has 1 atom stereocenters. The highest BCUT2D eigenvalue weighted by Crippen LogP contribution is 2.02. The number of hydrogen-bond acceptors (Lipinski definition) is 1. The molecule has 2 nitrogen and oxygen atoms in total. The van der Waals surface area contributed by atoms with Crippen molar-refractivity contribution in [2.45, 2.75) is 32.6 Å². The Hall–Kier alpha value is -0.620. The average molecular weight is 227 g/mol. The van der Waals surface area contributed by atoms with Crippen LogP contribution in [0.2, 0.25) is 0 Å². The average Bonchev–Trinajstić information content (AvgIpc) is 2.26. The first-order valence-corrected chi connectivity index (χ1v) is 6.31. The van der Waals surface area contributed by atoms with Crippen molar-refractivity contribution >= 4 is 15.1 Å². The van der Waals surface area contributed by atoms with Crippen LogP contribution in [0.1, 0.15) is 32.6 Å². The topological polar surface area (TPSA) is 20.3 Å². The van der Waals surface area contributed by atoms with E-state index in [1.165, 1.54) is 0 Å². The lowest BCUT2D eigenvalue weighted by atomic mass is 10.2. The second kappa shape index (κ2) is 9.92. The van der Waals surface area contributed by atoms with E-state index in [0.717, 1.165) is 25.8 Å². The molecule has 1 amide bonds. The quantitative estimate of drug-likeness (QED) is 0.461. The first-order valence-electron chi connectivity index (χ1n) is 5.50. The number of carbonyl (C=O) groups excluding carboxylic acids is 1. The zero-order valence-electron chi connectivity index (χ0n) is 9.61. The number of carbonyl (C=O) groups is 1. The Morgan fingerprint density at radius 1 is 1.40 bits per heavy atom. The summed E-state index contributed by atoms with van der Waals surface area (Å²) in [6, 6.07) is 0. The fraction of sp³-hybridized carbons (Fsp3) is 0.583. The molecule has 86 valence electrons. The Morgan fingerprint density at radius 2 is 2.13 bits per heavy atom. The van der Waals surface area contributed by atoms with E-state index in [4.69, 9.17) is 0 Å². The van der Waals surface area contributed by atoms with Crippen molar-refractivity contribution < 1.29 is 4.79 Å². The van der Waals surface area contributed by atoms with E-state index in [2.05, 4.69) is 34.9 Å². The minimum atomic E-state index is 0.200. The van der Waals surface area contributed by atoms with Gasteiger partial charge < -0.3 is 4.90 Å². The number of allylic oxidation sites excluding steroid dienone is 2. The Morgan fingerprint density at radius 3 is 2.67 bits per heavy atom. The lowest BCUT2D eigenvalue weighted by Crippen LogP contribution is -2.29. The molecule has 0 bridgehead atoms. The van der Waals surface area contributed by atoms with Gasteiger partial charge in [-0.15, -0.1) is 15.8 Å². The van der Waals surface area contributed by atoms with Crippen LogP contribution in [0, 0.1) is 0 Å². The maximum atomic E-state index is 11.6. The summed E-state index contributed by atoms with van der Waals surface area (Å²) in [4.78, 5) is 13.5. The zero-order chi connectivity index (χ0) is 11.5. The predicted octanol–water partition coefficient (Wildman–Crippen LogP) is 2.97. The summed E-state index contributed by atoms with van der Waals surface area (Å²) in [7, 11) is 2.60. The minimum absolute atomic E-state index is 0.200. The van der Waals surface area contributed by atoms with Crippen LogP contribution in [-0.4, -0.2) is 23.6 Å². The summed E-state index contributed by atoms with van der Waals surface area (Å²) in [5.41, 5.74) is 0. The summed E-state index contributed by atoms with van der Waals surface area (Å²) in [6.45, 7) is 6.48. The molecule has 0 aromatic rings. The molecule has 0 N–H and O–H groups in total. The number of unbranched alkanes of at least 4 members (excludes halogenated alkanes) is 1. The van der Waals surface area contributed by atoms with Crippen molar-refractivity contribution in [3.05, 3.63) is 24.8 Å². The molecule has 0 heterocycles. The third kappa shape index (κ3) is 7.33. The molecular weight excluding hydrogens is 205 g/mol. The van der Waals surface area contributed by atoms with Gasteiger partial charge in [-0.25, -0.2) is 0 Å². The van der Waals surface area contributed by atoms with E-state index in [9.17, 15) is 4.79 Å². The zero-order valence-corrected chi connectivity index (χ0v) is 10.8. The van der Waals surface area contributed by atoms with Gasteiger partial charge in [0, 0.05) is 19.3 Å². The molecule has 0 aliphatic rings. The molecular formula is C12H22NOP. The molecule has 0 saturated carbocycles. The number of nitrogens with zero attached hydrogens (tertiary/aromatic N) is 1. The van der Waals surface area contributed by atoms with Crippen molar-refractivity contribution in [2.75, 3.05) is 12.8 Å². The maximum Gasteiger partial charge on any atom is 0.223 e. The van der Waals surface area contributed by atoms with Crippen molar-refractivity contribution in [3.63, 3.8) is 0 Å². The van der Waals surface area contributed by atoms with Gasteiger partial charge in [0.2, 0.25) is 5.91 Å². The minimum Gasteiger partial charge on any atom is -0.335 e. The van der Waals surface area contributed by atoms with E-state index in [1.807, 2.05) is 4.90 Å². The van der Waals surface area contributed by atoms with Gasteiger partial charge in [-0.05, 0) is 12.8 Å². The second-order valence-electron chi connectivity index (χ2n) is 3.39. The molecule has 0 aromatic heterocycles. The van der Waals surface area contributed by atoms with E-state index in [0.29, 0.717) is 12.7 Å². The summed E-state index contributed by atoms with van der Waals surface area (Å²) in [6.07, 6.45) is 10.3. The highest BCUT2D eigenvalue weighted by molar-refractivity contribution is 7.16. The first-order chi connectivity index (χ1) is 7.26. The van der Waals surface area contributed by atoms with Gasteiger partial charge in [0.05, 0.1) is 0 Å². The number of amides is 1. The smallest absolute Gasteiger partial charge is 0.223 e. The van der Waals surface area contributed by atoms with Gasteiger partial charge in [0.15, 0.2) is 0 Å². The molecule has 0 radical (unpaired) electrons. The van der Waals surface area contributed by atoms with Crippen molar-refractivity contribution in [1.29, 1.82) is 0 Å². The highest BCUT2D eigenvalue weighted by atomic mass is 31.0. The molecule has 0 spiro atoms. The van der Waals surface area contributed by atoms with Crippen LogP contribution in [0.3, 0.4) is 0 Å². The van der Waals surface area contributed by atoms with E-state index in [-0.39, 0.29) is 5.91 Å². The summed E-state index contributed by atoms with van der Waals surface area (Å²) >= 11 is 0. The van der Waals surface area contributed by atoms with Crippen LogP contribution in [0.4, 0.5) is 0 Å². The number of rotatable bonds is 8. The normalized spacial score (nSPS) is 10.5. The highest BCUT2D eigenvalue weighted by Gasteiger charge is 2.07. The largest absolute Gasteiger partial charge is 0.335 e. The van der Waals surface area contributed by atoms with Crippen LogP contribution in [0.25, 0.3) is 0 Å². The fourth-order valence-electron chi connectivity index (χ4n) is 1.15. The molecule has 0 fully saturated rings. The van der Waals surface area contributed by atoms with Crippen molar-refractivity contribution in [3.8, 4) is 0 Å². The van der Waals surface area contributed by atoms with Crippen LogP contribution in [0.15, 0.2) is 24.8 Å². The van der Waals surface area contributed by atoms with E-state index in [1.54, 1.807) is 6.08 Å². The number of hydrogen-bond donors (Lipinski definition) is 0. The molecule has 3 heteroatoms. The van der Waals surface area contributed by atoms with Crippen molar-refractivity contribution in [1.82, 2.24) is 4.90 Å². The lowest BCUT2D eigenvalue weighted by Gasteiger charge is -2.18. The summed E-state index contributed by atoms with van der Waals surface area (Å²) in [5.74, 6) is 0.200. The molecule has 0 rings (SSSR count). The third-order valence-corrected chi connectivity index (χ3v) is 2.52. The van der Waals surface area contributed by atoms with Gasteiger partial charge in [0.1, 0.15) is 0 Å². The molecule has 1 unspecified atom stereocenters. The molecule has 0 aliphatic carbocycles. The second-order valence-corrected chi connectivity index (χ2v) is 3.75. The first kappa shape index (κ1) is 14.4. The van der Waals surface area contributed by atoms with Crippen LogP contribution in [0.5, 0.6) is 0 Å². The summed E-state index contributed by atoms with van der Waals surface area (Å²) < 4.78 is 0. The predicted molar refractivity (Wildman–Crippen MR) is 69.8 cm³/mol. The Labute approximate surface area is 95.6 Å². The van der Waals surface area contributed by atoms with Gasteiger partial charge in [0.25, 0.3) is 0 Å². The molecule has 0 aliphatic heterocycles. The van der Waals surface area contributed by atoms with Crippen LogP contribution in [-0.2, 0) is 4.79 Å². The van der Waals surface area contributed by atoms with Gasteiger partial charge in [-0.1, -0.05) is 31.6 Å². The monoisotopic (exact) mass is 227 g/mol. The Bertz CT molecular complexity index is 214.